The zero-order valence-corrected chi connectivity index (χ0v) is 14.2. The van der Waals surface area contributed by atoms with Crippen LogP contribution in [0.25, 0.3) is 10.1 Å². The van der Waals surface area contributed by atoms with Crippen LogP contribution in [0, 0.1) is 0 Å². The van der Waals surface area contributed by atoms with Crippen LogP contribution in [-0.4, -0.2) is 35.3 Å². The van der Waals surface area contributed by atoms with E-state index in [0.29, 0.717) is 6.42 Å². The van der Waals surface area contributed by atoms with E-state index in [2.05, 4.69) is 0 Å². The lowest BCUT2D eigenvalue weighted by molar-refractivity contribution is -0.139. The maximum absolute atomic E-state index is 12.3. The largest absolute Gasteiger partial charge is 0.444 e. The molecule has 0 bridgehead atoms. The molecule has 1 aromatic carbocycles. The Balaban J connectivity index is 1.82. The van der Waals surface area contributed by atoms with Gasteiger partial charge in [0.1, 0.15) is 11.6 Å². The number of ether oxygens (including phenoxy) is 2. The Kier molecular flexibility index (Phi) is 4.02. The molecule has 6 heteroatoms. The molecule has 3 rings (SSSR count). The van der Waals surface area contributed by atoms with Crippen LogP contribution in [0.5, 0.6) is 0 Å². The third kappa shape index (κ3) is 3.32. The molecule has 0 saturated carbocycles. The Hall–Kier alpha value is -2.08. The third-order valence-corrected chi connectivity index (χ3v) is 4.61. The van der Waals surface area contributed by atoms with Gasteiger partial charge in [0, 0.05) is 11.1 Å². The molecule has 122 valence electrons. The first kappa shape index (κ1) is 15.8. The lowest BCUT2D eigenvalue weighted by Gasteiger charge is -2.25. The Morgan fingerprint density at radius 1 is 1.39 bits per heavy atom. The van der Waals surface area contributed by atoms with Crippen molar-refractivity contribution in [3.8, 4) is 0 Å². The molecule has 1 aromatic heterocycles. The van der Waals surface area contributed by atoms with Crippen LogP contribution < -0.4 is 0 Å². The summed E-state index contributed by atoms with van der Waals surface area (Å²) in [6.07, 6.45) is -0.0878. The zero-order chi connectivity index (χ0) is 16.6. The highest BCUT2D eigenvalue weighted by molar-refractivity contribution is 7.17. The van der Waals surface area contributed by atoms with E-state index in [1.54, 1.807) is 32.1 Å². The van der Waals surface area contributed by atoms with Gasteiger partial charge in [-0.3, -0.25) is 4.90 Å². The molecule has 0 spiro atoms. The van der Waals surface area contributed by atoms with Crippen LogP contribution in [-0.2, 0) is 20.7 Å². The van der Waals surface area contributed by atoms with Gasteiger partial charge in [0.05, 0.1) is 0 Å². The van der Waals surface area contributed by atoms with E-state index in [1.165, 1.54) is 4.90 Å². The highest BCUT2D eigenvalue weighted by atomic mass is 32.1. The smallest absolute Gasteiger partial charge is 0.413 e. The molecule has 2 aromatic rings. The summed E-state index contributed by atoms with van der Waals surface area (Å²) in [7, 11) is 0. The van der Waals surface area contributed by atoms with E-state index < -0.39 is 17.7 Å². The average Bonchev–Trinajstić information content (AvgIpc) is 3.03. The van der Waals surface area contributed by atoms with Gasteiger partial charge in [0.15, 0.2) is 6.73 Å². The van der Waals surface area contributed by atoms with Crippen LogP contribution >= 0.6 is 11.3 Å². The zero-order valence-electron chi connectivity index (χ0n) is 13.4. The van der Waals surface area contributed by atoms with Crippen molar-refractivity contribution in [2.45, 2.75) is 38.8 Å². The third-order valence-electron chi connectivity index (χ3n) is 3.60. The lowest BCUT2D eigenvalue weighted by Crippen LogP contribution is -2.42. The van der Waals surface area contributed by atoms with E-state index in [4.69, 9.17) is 9.47 Å². The number of benzene rings is 1. The number of rotatable bonds is 2. The highest BCUT2D eigenvalue weighted by Gasteiger charge is 2.40. The standard InChI is InChI=1S/C17H19NO4S/c1-17(2,3)22-16(20)18-10-21-15(19)13(18)8-11-9-23-14-7-5-4-6-12(11)14/h4-7,9,13H,8,10H2,1-3H3/t13-/m0/s1. The monoisotopic (exact) mass is 333 g/mol. The van der Waals surface area contributed by atoms with Crippen molar-refractivity contribution >= 4 is 33.5 Å². The molecule has 2 heterocycles. The predicted octanol–water partition coefficient (Wildman–Crippen LogP) is 3.56. The van der Waals surface area contributed by atoms with Gasteiger partial charge >= 0.3 is 12.1 Å². The summed E-state index contributed by atoms with van der Waals surface area (Å²) in [6.45, 7) is 5.33. The number of hydrogen-bond donors (Lipinski definition) is 0. The molecule has 5 nitrogen and oxygen atoms in total. The molecule has 0 radical (unpaired) electrons. The molecular formula is C17H19NO4S. The van der Waals surface area contributed by atoms with Gasteiger partial charge in [-0.05, 0) is 43.2 Å². The van der Waals surface area contributed by atoms with Crippen LogP contribution in [0.15, 0.2) is 29.6 Å². The fraction of sp³-hybridized carbons (Fsp3) is 0.412. The van der Waals surface area contributed by atoms with Crippen LogP contribution in [0.4, 0.5) is 4.79 Å². The van der Waals surface area contributed by atoms with Crippen LogP contribution in [0.3, 0.4) is 0 Å². The number of nitrogens with zero attached hydrogens (tertiary/aromatic N) is 1. The minimum atomic E-state index is -0.636. The number of cyclic esters (lactones) is 1. The maximum Gasteiger partial charge on any atom is 0.413 e. The van der Waals surface area contributed by atoms with Gasteiger partial charge < -0.3 is 9.47 Å². The van der Waals surface area contributed by atoms with Crippen molar-refractivity contribution in [1.29, 1.82) is 0 Å². The minimum Gasteiger partial charge on any atom is -0.444 e. The molecule has 0 aliphatic carbocycles. The van der Waals surface area contributed by atoms with Gasteiger partial charge in [-0.2, -0.15) is 0 Å². The summed E-state index contributed by atoms with van der Waals surface area (Å²) in [4.78, 5) is 25.7. The second kappa shape index (κ2) is 5.85. The number of fused-ring (bicyclic) bond motifs is 1. The first-order valence-electron chi connectivity index (χ1n) is 7.46. The van der Waals surface area contributed by atoms with Gasteiger partial charge in [-0.1, -0.05) is 18.2 Å². The second-order valence-electron chi connectivity index (χ2n) is 6.52. The first-order chi connectivity index (χ1) is 10.8. The predicted molar refractivity (Wildman–Crippen MR) is 88.3 cm³/mol. The average molecular weight is 333 g/mol. The van der Waals surface area contributed by atoms with Crippen molar-refractivity contribution in [2.75, 3.05) is 6.73 Å². The molecular weight excluding hydrogens is 314 g/mol. The van der Waals surface area contributed by atoms with E-state index in [1.807, 2.05) is 29.6 Å². The highest BCUT2D eigenvalue weighted by Crippen LogP contribution is 2.29. The first-order valence-corrected chi connectivity index (χ1v) is 8.34. The molecule has 0 unspecified atom stereocenters. The van der Waals surface area contributed by atoms with E-state index in [9.17, 15) is 9.59 Å². The Morgan fingerprint density at radius 2 is 2.13 bits per heavy atom. The number of thiophene rings is 1. The normalized spacial score (nSPS) is 18.3. The van der Waals surface area contributed by atoms with Crippen molar-refractivity contribution in [3.63, 3.8) is 0 Å². The van der Waals surface area contributed by atoms with Crippen molar-refractivity contribution in [2.24, 2.45) is 0 Å². The summed E-state index contributed by atoms with van der Waals surface area (Å²) in [5, 5.41) is 3.14. The summed E-state index contributed by atoms with van der Waals surface area (Å²) >= 11 is 1.63. The topological polar surface area (TPSA) is 55.8 Å². The SMILES string of the molecule is CC(C)(C)OC(=O)N1COC(=O)[C@@H]1Cc1csc2ccccc12. The number of carbonyl (C=O) groups is 2. The number of amides is 1. The molecule has 1 saturated heterocycles. The summed E-state index contributed by atoms with van der Waals surface area (Å²) < 4.78 is 11.6. The maximum atomic E-state index is 12.3. The molecule has 23 heavy (non-hydrogen) atoms. The Bertz CT molecular complexity index is 746. The Labute approximate surface area is 138 Å². The molecule has 1 aliphatic heterocycles. The van der Waals surface area contributed by atoms with E-state index in [-0.39, 0.29) is 12.7 Å². The Morgan fingerprint density at radius 3 is 2.87 bits per heavy atom. The summed E-state index contributed by atoms with van der Waals surface area (Å²) in [5.74, 6) is -0.383. The summed E-state index contributed by atoms with van der Waals surface area (Å²) in [6, 6.07) is 7.39. The lowest BCUT2D eigenvalue weighted by atomic mass is 10.0. The molecule has 0 N–H and O–H groups in total. The molecule has 1 fully saturated rings. The number of hydrogen-bond acceptors (Lipinski definition) is 5. The van der Waals surface area contributed by atoms with Crippen LogP contribution in [0.2, 0.25) is 0 Å². The fourth-order valence-corrected chi connectivity index (χ4v) is 3.52. The molecule has 1 atom stereocenters. The van der Waals surface area contributed by atoms with Crippen molar-refractivity contribution < 1.29 is 19.1 Å². The van der Waals surface area contributed by atoms with E-state index in [0.717, 1.165) is 15.6 Å². The van der Waals surface area contributed by atoms with E-state index >= 15 is 0 Å². The van der Waals surface area contributed by atoms with Gasteiger partial charge in [-0.15, -0.1) is 11.3 Å². The summed E-state index contributed by atoms with van der Waals surface area (Å²) in [5.41, 5.74) is 0.436. The quantitative estimate of drug-likeness (QED) is 0.789. The van der Waals surface area contributed by atoms with Gasteiger partial charge in [0.2, 0.25) is 0 Å². The van der Waals surface area contributed by atoms with Gasteiger partial charge in [0.25, 0.3) is 0 Å². The molecule has 1 amide bonds. The minimum absolute atomic E-state index is 0.0551. The van der Waals surface area contributed by atoms with Crippen LogP contribution in [0.1, 0.15) is 26.3 Å². The van der Waals surface area contributed by atoms with Crippen molar-refractivity contribution in [1.82, 2.24) is 4.90 Å². The number of esters is 1. The van der Waals surface area contributed by atoms with Gasteiger partial charge in [-0.25, -0.2) is 9.59 Å². The number of carbonyl (C=O) groups excluding carboxylic acids is 2. The second-order valence-corrected chi connectivity index (χ2v) is 7.43. The molecule has 1 aliphatic rings. The van der Waals surface area contributed by atoms with Crippen molar-refractivity contribution in [3.05, 3.63) is 35.2 Å². The fourth-order valence-electron chi connectivity index (χ4n) is 2.54.